The number of carbonyl (C=O) groups excluding carboxylic acids is 1. The van der Waals surface area contributed by atoms with Gasteiger partial charge in [-0.25, -0.2) is 4.39 Å². The SMILES string of the molecule is O=C([O-])CCn1ccc2c(-c3noc(-c4ccc(-c5ccccc5F)c(C(F)(F)F)c4)n3)cccc21.[Na+]. The first-order chi connectivity index (χ1) is 17.2. The zero-order valence-electron chi connectivity index (χ0n) is 19.4. The summed E-state index contributed by atoms with van der Waals surface area (Å²) >= 11 is 0. The van der Waals surface area contributed by atoms with Crippen LogP contribution in [0.2, 0.25) is 0 Å². The molecular formula is C26H16F4N3NaO3. The number of aryl methyl sites for hydroxylation is 1. The first-order valence-electron chi connectivity index (χ1n) is 10.8. The molecule has 0 radical (unpaired) electrons. The Morgan fingerprint density at radius 1 is 0.973 bits per heavy atom. The zero-order chi connectivity index (χ0) is 25.4. The second-order valence-corrected chi connectivity index (χ2v) is 8.03. The van der Waals surface area contributed by atoms with E-state index in [1.54, 1.807) is 35.0 Å². The summed E-state index contributed by atoms with van der Waals surface area (Å²) in [5.74, 6) is -1.92. The van der Waals surface area contributed by atoms with Crippen LogP contribution >= 0.6 is 0 Å². The van der Waals surface area contributed by atoms with Gasteiger partial charge in [0.15, 0.2) is 0 Å². The van der Waals surface area contributed by atoms with E-state index in [9.17, 15) is 27.5 Å². The number of nitrogens with zero attached hydrogens (tertiary/aromatic N) is 3. The van der Waals surface area contributed by atoms with E-state index in [4.69, 9.17) is 4.52 Å². The number of alkyl halides is 3. The van der Waals surface area contributed by atoms with Crippen LogP contribution in [0.15, 0.2) is 77.4 Å². The number of hydrogen-bond donors (Lipinski definition) is 0. The third-order valence-electron chi connectivity index (χ3n) is 5.77. The molecule has 0 aliphatic heterocycles. The summed E-state index contributed by atoms with van der Waals surface area (Å²) in [5.41, 5.74) is -0.177. The maximum Gasteiger partial charge on any atom is 1.00 e. The largest absolute Gasteiger partial charge is 1.00 e. The standard InChI is InChI=1S/C26H17F4N3O3.Na/c27-21-6-2-1-4-17(21)16-9-8-15(14-20(16)26(28,29)30)25-31-24(32-36-25)19-5-3-7-22-18(19)10-12-33(22)13-11-23(34)35;/h1-10,12,14H,11,13H2,(H,34,35);/q;+1/p-1. The average molecular weight is 517 g/mol. The van der Waals surface area contributed by atoms with E-state index >= 15 is 0 Å². The van der Waals surface area contributed by atoms with Gasteiger partial charge in [-0.15, -0.1) is 0 Å². The molecule has 0 unspecified atom stereocenters. The first-order valence-corrected chi connectivity index (χ1v) is 10.8. The van der Waals surface area contributed by atoms with E-state index in [-0.39, 0.29) is 70.9 Å². The Hall–Kier alpha value is -3.47. The summed E-state index contributed by atoms with van der Waals surface area (Å²) in [7, 11) is 0. The average Bonchev–Trinajstić information content (AvgIpc) is 3.50. The van der Waals surface area contributed by atoms with E-state index in [0.29, 0.717) is 10.9 Å². The van der Waals surface area contributed by atoms with Crippen LogP contribution in [-0.4, -0.2) is 20.7 Å². The van der Waals surface area contributed by atoms with Crippen molar-refractivity contribution in [1.29, 1.82) is 0 Å². The molecule has 0 saturated heterocycles. The third kappa shape index (κ3) is 5.31. The summed E-state index contributed by atoms with van der Waals surface area (Å²) in [6.45, 7) is 0.210. The van der Waals surface area contributed by atoms with Gasteiger partial charge in [0, 0.05) is 52.7 Å². The van der Waals surface area contributed by atoms with Crippen molar-refractivity contribution in [2.24, 2.45) is 0 Å². The van der Waals surface area contributed by atoms with Crippen LogP contribution < -0.4 is 34.7 Å². The molecule has 6 nitrogen and oxygen atoms in total. The summed E-state index contributed by atoms with van der Waals surface area (Å²) in [6, 6.07) is 15.7. The van der Waals surface area contributed by atoms with Gasteiger partial charge in [-0.2, -0.15) is 18.2 Å². The Bertz CT molecular complexity index is 1590. The van der Waals surface area contributed by atoms with Crippen molar-refractivity contribution in [3.05, 3.63) is 84.3 Å². The maximum atomic E-state index is 14.2. The molecule has 5 aromatic rings. The Morgan fingerprint density at radius 2 is 1.73 bits per heavy atom. The Balaban J connectivity index is 0.00000320. The number of benzene rings is 3. The molecule has 0 atom stereocenters. The van der Waals surface area contributed by atoms with Gasteiger partial charge in [-0.05, 0) is 35.9 Å². The zero-order valence-corrected chi connectivity index (χ0v) is 21.4. The minimum Gasteiger partial charge on any atom is -0.550 e. The Morgan fingerprint density at radius 3 is 2.46 bits per heavy atom. The van der Waals surface area contributed by atoms with E-state index in [2.05, 4.69) is 10.1 Å². The molecule has 5 rings (SSSR count). The maximum absolute atomic E-state index is 14.2. The van der Waals surface area contributed by atoms with Crippen LogP contribution in [0.4, 0.5) is 17.6 Å². The molecule has 0 bridgehead atoms. The molecule has 0 amide bonds. The smallest absolute Gasteiger partial charge is 0.550 e. The van der Waals surface area contributed by atoms with Gasteiger partial charge >= 0.3 is 35.7 Å². The number of hydrogen-bond acceptors (Lipinski definition) is 5. The van der Waals surface area contributed by atoms with Gasteiger partial charge in [0.2, 0.25) is 5.82 Å². The second-order valence-electron chi connectivity index (χ2n) is 8.03. The molecule has 0 saturated carbocycles. The fraction of sp³-hybridized carbons (Fsp3) is 0.115. The monoisotopic (exact) mass is 517 g/mol. The number of aliphatic carboxylic acids is 1. The molecule has 2 heterocycles. The molecule has 0 spiro atoms. The third-order valence-corrected chi connectivity index (χ3v) is 5.77. The van der Waals surface area contributed by atoms with E-state index in [0.717, 1.165) is 17.6 Å². The van der Waals surface area contributed by atoms with Gasteiger partial charge in [0.1, 0.15) is 5.82 Å². The number of carbonyl (C=O) groups is 1. The van der Waals surface area contributed by atoms with Crippen molar-refractivity contribution < 1.29 is 61.5 Å². The van der Waals surface area contributed by atoms with Crippen molar-refractivity contribution in [1.82, 2.24) is 14.7 Å². The summed E-state index contributed by atoms with van der Waals surface area (Å²) in [5, 5.41) is 15.5. The normalized spacial score (nSPS) is 11.5. The fourth-order valence-electron chi connectivity index (χ4n) is 4.10. The van der Waals surface area contributed by atoms with E-state index in [1.807, 2.05) is 0 Å². The van der Waals surface area contributed by atoms with Crippen LogP contribution in [0.25, 0.3) is 44.9 Å². The predicted octanol–water partition coefficient (Wildman–Crippen LogP) is 2.33. The Kier molecular flexibility index (Phi) is 7.54. The molecule has 0 aliphatic carbocycles. The molecule has 182 valence electrons. The molecular weight excluding hydrogens is 501 g/mol. The van der Waals surface area contributed by atoms with Gasteiger partial charge in [0.25, 0.3) is 5.89 Å². The van der Waals surface area contributed by atoms with Crippen LogP contribution in [0.1, 0.15) is 12.0 Å². The second kappa shape index (κ2) is 10.5. The quantitative estimate of drug-likeness (QED) is 0.255. The van der Waals surface area contributed by atoms with Gasteiger partial charge in [0.05, 0.1) is 5.56 Å². The molecule has 0 aliphatic rings. The molecule has 0 N–H and O–H groups in total. The van der Waals surface area contributed by atoms with Crippen LogP contribution in [-0.2, 0) is 17.5 Å². The molecule has 3 aromatic carbocycles. The van der Waals surface area contributed by atoms with Crippen molar-refractivity contribution in [2.75, 3.05) is 0 Å². The number of aromatic nitrogens is 3. The van der Waals surface area contributed by atoms with Crippen molar-refractivity contribution in [2.45, 2.75) is 19.1 Å². The van der Waals surface area contributed by atoms with Crippen LogP contribution in [0.3, 0.4) is 0 Å². The first kappa shape index (κ1) is 26.6. The minimum atomic E-state index is -4.75. The van der Waals surface area contributed by atoms with E-state index < -0.39 is 23.5 Å². The van der Waals surface area contributed by atoms with Crippen LogP contribution in [0, 0.1) is 5.82 Å². The topological polar surface area (TPSA) is 84.0 Å². The van der Waals surface area contributed by atoms with Crippen molar-refractivity contribution >= 4 is 16.9 Å². The number of fused-ring (bicyclic) bond motifs is 1. The number of halogens is 4. The van der Waals surface area contributed by atoms with Crippen molar-refractivity contribution in [3.63, 3.8) is 0 Å². The molecule has 2 aromatic heterocycles. The van der Waals surface area contributed by atoms with Crippen molar-refractivity contribution in [3.8, 4) is 34.0 Å². The van der Waals surface area contributed by atoms with Gasteiger partial charge in [-0.3, -0.25) is 0 Å². The summed E-state index contributed by atoms with van der Waals surface area (Å²) in [4.78, 5) is 15.1. The molecule has 37 heavy (non-hydrogen) atoms. The Labute approximate surface area is 229 Å². The number of carboxylic acid groups (broad SMARTS) is 1. The number of carboxylic acids is 1. The summed E-state index contributed by atoms with van der Waals surface area (Å²) < 4.78 is 62.9. The minimum absolute atomic E-state index is 0. The van der Waals surface area contributed by atoms with E-state index in [1.165, 1.54) is 30.3 Å². The van der Waals surface area contributed by atoms with Gasteiger partial charge < -0.3 is 19.0 Å². The van der Waals surface area contributed by atoms with Gasteiger partial charge in [-0.1, -0.05) is 41.6 Å². The number of rotatable bonds is 6. The molecule has 11 heteroatoms. The van der Waals surface area contributed by atoms with Crippen LogP contribution in [0.5, 0.6) is 0 Å². The summed E-state index contributed by atoms with van der Waals surface area (Å²) in [6.07, 6.45) is -3.20. The predicted molar refractivity (Wildman–Crippen MR) is 121 cm³/mol. The molecule has 0 fully saturated rings. The fourth-order valence-corrected chi connectivity index (χ4v) is 4.10.